The smallest absolute Gasteiger partial charge is 0.258 e. The first-order valence-corrected chi connectivity index (χ1v) is 6.54. The van der Waals surface area contributed by atoms with Crippen LogP contribution in [0.1, 0.15) is 30.6 Å². The summed E-state index contributed by atoms with van der Waals surface area (Å²) in [6.07, 6.45) is 2.34. The van der Waals surface area contributed by atoms with Crippen molar-refractivity contribution in [2.75, 3.05) is 11.9 Å². The Bertz CT molecular complexity index is 535. The molecule has 6 nitrogen and oxygen atoms in total. The zero-order valence-electron chi connectivity index (χ0n) is 11.6. The molecule has 0 unspecified atom stereocenters. The van der Waals surface area contributed by atoms with Crippen molar-refractivity contribution in [3.05, 3.63) is 36.2 Å². The van der Waals surface area contributed by atoms with Crippen molar-refractivity contribution in [2.45, 2.75) is 20.3 Å². The van der Waals surface area contributed by atoms with Gasteiger partial charge >= 0.3 is 0 Å². The summed E-state index contributed by atoms with van der Waals surface area (Å²) in [5.74, 6) is 1.46. The molecule has 1 aromatic heterocycles. The highest BCUT2D eigenvalue weighted by molar-refractivity contribution is 6.03. The zero-order chi connectivity index (χ0) is 14.4. The Balaban J connectivity index is 1.89. The predicted molar refractivity (Wildman–Crippen MR) is 75.7 cm³/mol. The molecule has 0 saturated carbocycles. The molecule has 0 aliphatic carbocycles. The molecule has 1 aromatic carbocycles. The molecule has 2 aromatic rings. The molecule has 0 bridgehead atoms. The number of benzene rings is 1. The minimum atomic E-state index is -0.240. The van der Waals surface area contributed by atoms with E-state index < -0.39 is 0 Å². The summed E-state index contributed by atoms with van der Waals surface area (Å²) in [5, 5.41) is 8.84. The van der Waals surface area contributed by atoms with E-state index in [2.05, 4.69) is 34.3 Å². The number of carbonyl (C=O) groups excluding carboxylic acids is 1. The topological polar surface area (TPSA) is 79.9 Å². The Hall–Kier alpha value is -2.37. The van der Waals surface area contributed by atoms with E-state index in [9.17, 15) is 4.79 Å². The van der Waals surface area contributed by atoms with Crippen molar-refractivity contribution >= 4 is 11.9 Å². The van der Waals surface area contributed by atoms with E-state index in [1.165, 1.54) is 6.33 Å². The average molecular weight is 274 g/mol. The molecular weight excluding hydrogens is 256 g/mol. The van der Waals surface area contributed by atoms with Gasteiger partial charge in [-0.05, 0) is 36.6 Å². The number of rotatable bonds is 6. The van der Waals surface area contributed by atoms with Gasteiger partial charge in [0.1, 0.15) is 12.1 Å². The van der Waals surface area contributed by atoms with Crippen molar-refractivity contribution in [3.8, 4) is 5.75 Å². The number of anilines is 1. The lowest BCUT2D eigenvalue weighted by atomic mass is 10.1. The summed E-state index contributed by atoms with van der Waals surface area (Å²) in [7, 11) is 0. The number of aromatic nitrogens is 3. The van der Waals surface area contributed by atoms with E-state index in [4.69, 9.17) is 4.74 Å². The number of H-pyrrole nitrogens is 1. The first-order chi connectivity index (χ1) is 9.65. The first kappa shape index (κ1) is 14.0. The third-order valence-electron chi connectivity index (χ3n) is 2.73. The Labute approximate surface area is 117 Å². The van der Waals surface area contributed by atoms with Crippen LogP contribution in [0.15, 0.2) is 30.6 Å². The van der Waals surface area contributed by atoms with E-state index >= 15 is 0 Å². The van der Waals surface area contributed by atoms with E-state index in [1.807, 2.05) is 0 Å². The molecule has 0 saturated heterocycles. The third kappa shape index (κ3) is 4.08. The summed E-state index contributed by atoms with van der Waals surface area (Å²) < 4.78 is 5.60. The number of nitrogens with one attached hydrogen (secondary N) is 2. The highest BCUT2D eigenvalue weighted by Gasteiger charge is 2.07. The summed E-state index contributed by atoms with van der Waals surface area (Å²) in [5.41, 5.74) is 0.539. The zero-order valence-corrected chi connectivity index (χ0v) is 11.6. The number of ether oxygens (including phenoxy) is 1. The van der Waals surface area contributed by atoms with Gasteiger partial charge in [-0.2, -0.15) is 10.1 Å². The fourth-order valence-electron chi connectivity index (χ4n) is 1.56. The van der Waals surface area contributed by atoms with Gasteiger partial charge in [0.05, 0.1) is 6.61 Å². The van der Waals surface area contributed by atoms with Crippen molar-refractivity contribution in [3.63, 3.8) is 0 Å². The molecule has 0 aliphatic rings. The van der Waals surface area contributed by atoms with Gasteiger partial charge in [0.25, 0.3) is 5.91 Å². The van der Waals surface area contributed by atoms with Gasteiger partial charge in [-0.1, -0.05) is 13.8 Å². The Kier molecular flexibility index (Phi) is 4.70. The minimum Gasteiger partial charge on any atom is -0.494 e. The number of amides is 1. The van der Waals surface area contributed by atoms with Gasteiger partial charge in [-0.3, -0.25) is 10.1 Å². The van der Waals surface area contributed by atoms with Crippen LogP contribution in [0.4, 0.5) is 5.95 Å². The molecule has 0 atom stereocenters. The van der Waals surface area contributed by atoms with Gasteiger partial charge in [0.2, 0.25) is 5.95 Å². The second kappa shape index (κ2) is 6.70. The number of aromatic amines is 1. The molecule has 6 heteroatoms. The fourth-order valence-corrected chi connectivity index (χ4v) is 1.56. The molecular formula is C14H18N4O2. The van der Waals surface area contributed by atoms with Crippen LogP contribution in [-0.2, 0) is 0 Å². The molecule has 1 heterocycles. The Morgan fingerprint density at radius 3 is 2.70 bits per heavy atom. The molecule has 1 amide bonds. The normalized spacial score (nSPS) is 10.6. The molecule has 2 rings (SSSR count). The van der Waals surface area contributed by atoms with Gasteiger partial charge in [-0.15, -0.1) is 0 Å². The number of hydrogen-bond acceptors (Lipinski definition) is 4. The summed E-state index contributed by atoms with van der Waals surface area (Å²) >= 11 is 0. The third-order valence-corrected chi connectivity index (χ3v) is 2.73. The van der Waals surface area contributed by atoms with Crippen molar-refractivity contribution in [1.29, 1.82) is 0 Å². The molecule has 20 heavy (non-hydrogen) atoms. The molecule has 0 spiro atoms. The van der Waals surface area contributed by atoms with Crippen LogP contribution in [0, 0.1) is 5.92 Å². The highest BCUT2D eigenvalue weighted by atomic mass is 16.5. The summed E-state index contributed by atoms with van der Waals surface area (Å²) in [4.78, 5) is 15.7. The lowest BCUT2D eigenvalue weighted by Gasteiger charge is -2.08. The lowest BCUT2D eigenvalue weighted by molar-refractivity contribution is 0.102. The van der Waals surface area contributed by atoms with E-state index in [1.54, 1.807) is 24.3 Å². The number of hydrogen-bond donors (Lipinski definition) is 2. The Morgan fingerprint density at radius 2 is 2.10 bits per heavy atom. The second-order valence-corrected chi connectivity index (χ2v) is 4.84. The molecule has 2 N–H and O–H groups in total. The van der Waals surface area contributed by atoms with Crippen molar-refractivity contribution in [1.82, 2.24) is 15.2 Å². The van der Waals surface area contributed by atoms with Crippen LogP contribution in [0.2, 0.25) is 0 Å². The Morgan fingerprint density at radius 1 is 1.35 bits per heavy atom. The second-order valence-electron chi connectivity index (χ2n) is 4.84. The summed E-state index contributed by atoms with van der Waals surface area (Å²) in [6.45, 7) is 4.99. The maximum atomic E-state index is 11.9. The largest absolute Gasteiger partial charge is 0.494 e. The van der Waals surface area contributed by atoms with E-state index in [0.29, 0.717) is 24.0 Å². The van der Waals surface area contributed by atoms with E-state index in [0.717, 1.165) is 12.2 Å². The van der Waals surface area contributed by atoms with Crippen LogP contribution in [0.25, 0.3) is 0 Å². The van der Waals surface area contributed by atoms with Crippen LogP contribution in [-0.4, -0.2) is 27.7 Å². The first-order valence-electron chi connectivity index (χ1n) is 6.54. The number of nitrogens with zero attached hydrogens (tertiary/aromatic N) is 2. The van der Waals surface area contributed by atoms with E-state index in [-0.39, 0.29) is 5.91 Å². The van der Waals surface area contributed by atoms with Crippen molar-refractivity contribution < 1.29 is 9.53 Å². The standard InChI is InChI=1S/C14H18N4O2/c1-10(2)7-8-20-12-5-3-11(4-6-12)13(19)17-14-15-9-16-18-14/h3-6,9-10H,7-8H2,1-2H3,(H2,15,16,17,18,19). The average Bonchev–Trinajstić information content (AvgIpc) is 2.92. The van der Waals surface area contributed by atoms with Gasteiger partial charge in [0.15, 0.2) is 0 Å². The predicted octanol–water partition coefficient (Wildman–Crippen LogP) is 2.48. The van der Waals surface area contributed by atoms with Crippen LogP contribution in [0.5, 0.6) is 5.75 Å². The van der Waals surface area contributed by atoms with Crippen LogP contribution in [0.3, 0.4) is 0 Å². The molecule has 0 aliphatic heterocycles. The summed E-state index contributed by atoms with van der Waals surface area (Å²) in [6, 6.07) is 7.01. The van der Waals surface area contributed by atoms with Gasteiger partial charge in [-0.25, -0.2) is 5.10 Å². The minimum absolute atomic E-state index is 0.240. The van der Waals surface area contributed by atoms with Crippen molar-refractivity contribution in [2.24, 2.45) is 5.92 Å². The molecule has 106 valence electrons. The van der Waals surface area contributed by atoms with Crippen LogP contribution < -0.4 is 10.1 Å². The molecule has 0 fully saturated rings. The van der Waals surface area contributed by atoms with Gasteiger partial charge in [0, 0.05) is 5.56 Å². The fraction of sp³-hybridized carbons (Fsp3) is 0.357. The number of carbonyl (C=O) groups is 1. The highest BCUT2D eigenvalue weighted by Crippen LogP contribution is 2.14. The maximum Gasteiger partial charge on any atom is 0.258 e. The lowest BCUT2D eigenvalue weighted by Crippen LogP contribution is -2.12. The molecule has 0 radical (unpaired) electrons. The van der Waals surface area contributed by atoms with Gasteiger partial charge < -0.3 is 4.74 Å². The quantitative estimate of drug-likeness (QED) is 0.848. The SMILES string of the molecule is CC(C)CCOc1ccc(C(=O)Nc2ncn[nH]2)cc1. The maximum absolute atomic E-state index is 11.9. The monoisotopic (exact) mass is 274 g/mol. The van der Waals surface area contributed by atoms with Crippen LogP contribution >= 0.6 is 0 Å².